The van der Waals surface area contributed by atoms with Crippen molar-refractivity contribution in [3.8, 4) is 11.3 Å². The molecule has 0 spiro atoms. The monoisotopic (exact) mass is 477 g/mol. The van der Waals surface area contributed by atoms with Crippen molar-refractivity contribution in [3.05, 3.63) is 74.6 Å². The predicted octanol–water partition coefficient (Wildman–Crippen LogP) is 6.12. The number of Topliss-reactive ketones (excluding diaryl/α,β-unsaturated/α-hetero) is 1. The topological polar surface area (TPSA) is 25.9 Å². The number of hydrogen-bond acceptors (Lipinski definition) is 1. The van der Waals surface area contributed by atoms with Gasteiger partial charge >= 0.3 is 0 Å². The van der Waals surface area contributed by atoms with Gasteiger partial charge in [-0.3, -0.25) is 4.79 Å². The van der Waals surface area contributed by atoms with Gasteiger partial charge in [0.1, 0.15) is 6.20 Å². The average molecular weight is 479 g/mol. The molecule has 0 amide bonds. The maximum Gasteiger partial charge on any atom is 0.257 e. The summed E-state index contributed by atoms with van der Waals surface area (Å²) in [5.74, 6) is 1.29. The first-order valence-electron chi connectivity index (χ1n) is 9.39. The van der Waals surface area contributed by atoms with Crippen LogP contribution in [0.5, 0.6) is 0 Å². The van der Waals surface area contributed by atoms with Crippen molar-refractivity contribution in [2.75, 3.05) is 0 Å². The summed E-state index contributed by atoms with van der Waals surface area (Å²) in [6.07, 6.45) is 6.62. The molecule has 3 aromatic rings. The van der Waals surface area contributed by atoms with Gasteiger partial charge in [0.15, 0.2) is 12.2 Å². The van der Waals surface area contributed by atoms with Crippen LogP contribution in [0.25, 0.3) is 11.3 Å². The molecule has 144 valence electrons. The molecule has 1 aromatic heterocycles. The molecule has 0 aliphatic carbocycles. The third kappa shape index (κ3) is 4.05. The summed E-state index contributed by atoms with van der Waals surface area (Å²) in [6, 6.07) is 13.2. The molecule has 0 atom stereocenters. The lowest BCUT2D eigenvalue weighted by Crippen LogP contribution is -2.36. The van der Waals surface area contributed by atoms with E-state index in [1.165, 1.54) is 12.2 Å². The second-order valence-electron chi connectivity index (χ2n) is 7.08. The van der Waals surface area contributed by atoms with E-state index in [9.17, 15) is 4.79 Å². The first kappa shape index (κ1) is 19.7. The van der Waals surface area contributed by atoms with E-state index in [0.29, 0.717) is 22.2 Å². The normalized spacial score (nSPS) is 13.8. The molecule has 0 bridgehead atoms. The maximum absolute atomic E-state index is 13.0. The Labute approximate surface area is 183 Å². The Balaban J connectivity index is 1.77. The van der Waals surface area contributed by atoms with Crippen LogP contribution < -0.4 is 4.57 Å². The molecule has 0 N–H and O–H groups in total. The van der Waals surface area contributed by atoms with Crippen LogP contribution in [0.3, 0.4) is 0 Å². The number of aryl methyl sites for hydroxylation is 1. The highest BCUT2D eigenvalue weighted by molar-refractivity contribution is 9.10. The minimum atomic E-state index is 0.0945. The van der Waals surface area contributed by atoms with Gasteiger partial charge in [0.25, 0.3) is 5.82 Å². The predicted molar refractivity (Wildman–Crippen MR) is 116 cm³/mol. The molecule has 0 radical (unpaired) electrons. The van der Waals surface area contributed by atoms with Crippen LogP contribution in [-0.4, -0.2) is 10.4 Å². The number of hydrogen-bond donors (Lipinski definition) is 0. The zero-order chi connectivity index (χ0) is 19.7. The van der Waals surface area contributed by atoms with Crippen molar-refractivity contribution in [2.24, 2.45) is 0 Å². The second kappa shape index (κ2) is 8.40. The molecule has 28 heavy (non-hydrogen) atoms. The molecule has 6 heteroatoms. The number of benzene rings is 2. The van der Waals surface area contributed by atoms with Crippen LogP contribution in [0.1, 0.15) is 35.4 Å². The Morgan fingerprint density at radius 1 is 1.04 bits per heavy atom. The second-order valence-corrected chi connectivity index (χ2v) is 8.81. The van der Waals surface area contributed by atoms with E-state index < -0.39 is 0 Å². The van der Waals surface area contributed by atoms with Crippen LogP contribution in [-0.2, 0) is 19.5 Å². The van der Waals surface area contributed by atoms with Crippen molar-refractivity contribution < 1.29 is 9.36 Å². The standard InChI is InChI=1S/C22H20BrCl2N2O/c23-17-8-5-15(6-9-17)21(28)14-27-20(16-7-10-18(24)19(25)12-16)13-26-11-3-1-2-4-22(26)27/h5-10,12-13H,1-4,11,14H2/q+1. The van der Waals surface area contributed by atoms with E-state index in [1.807, 2.05) is 42.5 Å². The van der Waals surface area contributed by atoms with Crippen LogP contribution in [0.15, 0.2) is 53.1 Å². The summed E-state index contributed by atoms with van der Waals surface area (Å²) in [5.41, 5.74) is 2.68. The highest BCUT2D eigenvalue weighted by Crippen LogP contribution is 2.30. The van der Waals surface area contributed by atoms with Gasteiger partial charge in [-0.15, -0.1) is 0 Å². The molecular weight excluding hydrogens is 459 g/mol. The van der Waals surface area contributed by atoms with Gasteiger partial charge in [0.2, 0.25) is 5.78 Å². The van der Waals surface area contributed by atoms with Crippen LogP contribution >= 0.6 is 39.1 Å². The number of nitrogens with zero attached hydrogens (tertiary/aromatic N) is 2. The zero-order valence-electron chi connectivity index (χ0n) is 15.3. The van der Waals surface area contributed by atoms with Crippen molar-refractivity contribution in [2.45, 2.75) is 38.8 Å². The highest BCUT2D eigenvalue weighted by atomic mass is 79.9. The van der Waals surface area contributed by atoms with Gasteiger partial charge in [0, 0.05) is 22.0 Å². The third-order valence-electron chi connectivity index (χ3n) is 5.19. The van der Waals surface area contributed by atoms with E-state index >= 15 is 0 Å². The van der Waals surface area contributed by atoms with Crippen molar-refractivity contribution >= 4 is 44.9 Å². The third-order valence-corrected chi connectivity index (χ3v) is 6.46. The molecule has 0 unspecified atom stereocenters. The van der Waals surface area contributed by atoms with Crippen LogP contribution in [0.4, 0.5) is 0 Å². The lowest BCUT2D eigenvalue weighted by Gasteiger charge is -2.07. The molecule has 2 aromatic carbocycles. The minimum absolute atomic E-state index is 0.0945. The first-order valence-corrected chi connectivity index (χ1v) is 10.9. The fourth-order valence-electron chi connectivity index (χ4n) is 3.73. The van der Waals surface area contributed by atoms with Crippen molar-refractivity contribution in [1.82, 2.24) is 4.57 Å². The van der Waals surface area contributed by atoms with Crippen molar-refractivity contribution in [1.29, 1.82) is 0 Å². The largest absolute Gasteiger partial charge is 0.290 e. The number of rotatable bonds is 4. The van der Waals surface area contributed by atoms with E-state index in [4.69, 9.17) is 23.2 Å². The smallest absolute Gasteiger partial charge is 0.257 e. The fraction of sp³-hybridized carbons (Fsp3) is 0.273. The summed E-state index contributed by atoms with van der Waals surface area (Å²) >= 11 is 15.8. The van der Waals surface area contributed by atoms with Crippen molar-refractivity contribution in [3.63, 3.8) is 0 Å². The number of halogens is 3. The summed E-state index contributed by atoms with van der Waals surface area (Å²) < 4.78 is 5.40. The average Bonchev–Trinajstić information content (AvgIpc) is 2.86. The van der Waals surface area contributed by atoms with Crippen LogP contribution in [0.2, 0.25) is 10.0 Å². The lowest BCUT2D eigenvalue weighted by molar-refractivity contribution is -0.702. The summed E-state index contributed by atoms with van der Waals surface area (Å²) in [6.45, 7) is 1.28. The molecule has 1 aliphatic heterocycles. The Kier molecular flexibility index (Phi) is 5.91. The molecule has 0 saturated carbocycles. The van der Waals surface area contributed by atoms with Gasteiger partial charge in [-0.2, -0.15) is 0 Å². The zero-order valence-corrected chi connectivity index (χ0v) is 18.4. The Morgan fingerprint density at radius 3 is 2.57 bits per heavy atom. The van der Waals surface area contributed by atoms with Gasteiger partial charge in [0.05, 0.1) is 16.6 Å². The molecule has 3 nitrogen and oxygen atoms in total. The summed E-state index contributed by atoms with van der Waals surface area (Å²) in [5, 5.41) is 1.05. The van der Waals surface area contributed by atoms with Gasteiger partial charge in [-0.25, -0.2) is 9.13 Å². The molecule has 0 fully saturated rings. The SMILES string of the molecule is O=C(Cn1c(-c2ccc(Cl)c(Cl)c2)c[n+]2c1CCCCC2)c1ccc(Br)cc1. The fourth-order valence-corrected chi connectivity index (χ4v) is 4.30. The molecule has 4 rings (SSSR count). The number of carbonyl (C=O) groups is 1. The minimum Gasteiger partial charge on any atom is -0.290 e. The number of fused-ring (bicyclic) bond motifs is 1. The first-order chi connectivity index (χ1) is 13.5. The summed E-state index contributed by atoms with van der Waals surface area (Å²) in [4.78, 5) is 13.0. The van der Waals surface area contributed by atoms with E-state index in [0.717, 1.165) is 41.5 Å². The van der Waals surface area contributed by atoms with Crippen LogP contribution in [0, 0.1) is 0 Å². The maximum atomic E-state index is 13.0. The van der Waals surface area contributed by atoms with Gasteiger partial charge in [-0.05, 0) is 49.6 Å². The Bertz CT molecular complexity index is 1030. The number of imidazole rings is 1. The quantitative estimate of drug-likeness (QED) is 0.327. The van der Waals surface area contributed by atoms with E-state index in [2.05, 4.69) is 31.3 Å². The summed E-state index contributed by atoms with van der Waals surface area (Å²) in [7, 11) is 0. The number of ketones is 1. The Morgan fingerprint density at radius 2 is 1.82 bits per heavy atom. The number of aromatic nitrogens is 2. The molecule has 1 aliphatic rings. The Hall–Kier alpha value is -1.62. The van der Waals surface area contributed by atoms with E-state index in [-0.39, 0.29) is 5.78 Å². The molecular formula is C22H20BrCl2N2O+. The molecule has 0 saturated heterocycles. The molecule has 2 heterocycles. The van der Waals surface area contributed by atoms with Gasteiger partial charge < -0.3 is 0 Å². The highest BCUT2D eigenvalue weighted by Gasteiger charge is 2.27. The number of carbonyl (C=O) groups excluding carboxylic acids is 1. The van der Waals surface area contributed by atoms with E-state index in [1.54, 1.807) is 0 Å². The van der Waals surface area contributed by atoms with Gasteiger partial charge in [-0.1, -0.05) is 51.3 Å². The lowest BCUT2D eigenvalue weighted by atomic mass is 10.1.